The van der Waals surface area contributed by atoms with Gasteiger partial charge >= 0.3 is 0 Å². The summed E-state index contributed by atoms with van der Waals surface area (Å²) in [6.07, 6.45) is 0. The molecule has 0 unspecified atom stereocenters. The van der Waals surface area contributed by atoms with Crippen molar-refractivity contribution in [2.24, 2.45) is 0 Å². The molecular weight excluding hydrogens is 150 g/mol. The predicted molar refractivity (Wildman–Crippen MR) is 54.0 cm³/mol. The Labute approximate surface area is 74.5 Å². The lowest BCUT2D eigenvalue weighted by molar-refractivity contribution is 0.824. The zero-order valence-electron chi connectivity index (χ0n) is 8.36. The van der Waals surface area contributed by atoms with E-state index in [1.807, 2.05) is 0 Å². The summed E-state index contributed by atoms with van der Waals surface area (Å²) in [6, 6.07) is 4.45. The second-order valence-corrected chi connectivity index (χ2v) is 3.02. The van der Waals surface area contributed by atoms with E-state index in [1.165, 1.54) is 22.3 Å². The van der Waals surface area contributed by atoms with Crippen LogP contribution in [0.25, 0.3) is 0 Å². The van der Waals surface area contributed by atoms with Crippen molar-refractivity contribution in [2.75, 3.05) is 0 Å². The summed E-state index contributed by atoms with van der Waals surface area (Å²) < 4.78 is 0. The van der Waals surface area contributed by atoms with Crippen LogP contribution in [0, 0.1) is 27.7 Å². The second-order valence-electron chi connectivity index (χ2n) is 3.02. The van der Waals surface area contributed by atoms with Crippen molar-refractivity contribution in [1.82, 2.24) is 6.15 Å². The molecule has 0 saturated carbocycles. The van der Waals surface area contributed by atoms with Crippen LogP contribution >= 0.6 is 0 Å². The molecule has 12 heavy (non-hydrogen) atoms. The molecule has 0 aliphatic rings. The smallest absolute Gasteiger partial charge is 0.0392 e. The number of rotatable bonds is 0. The maximum atomic E-state index is 2.22. The van der Waals surface area contributed by atoms with Crippen LogP contribution in [-0.4, -0.2) is 5.48 Å². The zero-order valence-corrected chi connectivity index (χ0v) is 8.36. The van der Waals surface area contributed by atoms with Crippen LogP contribution in [0.5, 0.6) is 0 Å². The van der Waals surface area contributed by atoms with Crippen LogP contribution in [0.4, 0.5) is 0 Å². The van der Waals surface area contributed by atoms with Crippen molar-refractivity contribution in [3.8, 4) is 0 Å². The highest BCUT2D eigenvalue weighted by atomic mass is 16.0. The molecule has 0 aliphatic carbocycles. The summed E-state index contributed by atoms with van der Waals surface area (Å²) in [7, 11) is 0. The minimum Gasteiger partial charge on any atom is -0.412 e. The molecule has 2 heteroatoms. The van der Waals surface area contributed by atoms with Gasteiger partial charge in [0.1, 0.15) is 0 Å². The molecule has 0 amide bonds. The Bertz CT molecular complexity index is 233. The van der Waals surface area contributed by atoms with Crippen molar-refractivity contribution in [1.29, 1.82) is 0 Å². The molecule has 0 heterocycles. The zero-order chi connectivity index (χ0) is 7.72. The highest BCUT2D eigenvalue weighted by Crippen LogP contribution is 2.13. The van der Waals surface area contributed by atoms with Gasteiger partial charge in [0, 0.05) is 0 Å². The fraction of sp³-hybridized carbons (Fsp3) is 0.400. The minimum absolute atomic E-state index is 0. The number of benzene rings is 1. The summed E-state index contributed by atoms with van der Waals surface area (Å²) in [5, 5.41) is 0. The van der Waals surface area contributed by atoms with Crippen LogP contribution < -0.4 is 6.15 Å². The first-order valence-corrected chi connectivity index (χ1v) is 3.65. The Morgan fingerprint density at radius 1 is 0.833 bits per heavy atom. The molecule has 0 radical (unpaired) electrons. The summed E-state index contributed by atoms with van der Waals surface area (Å²) in [5.41, 5.74) is 5.58. The molecule has 0 saturated heterocycles. The van der Waals surface area contributed by atoms with E-state index < -0.39 is 0 Å². The number of aryl methyl sites for hydroxylation is 3. The molecule has 70 valence electrons. The quantitative estimate of drug-likeness (QED) is 0.636. The molecule has 0 atom stereocenters. The van der Waals surface area contributed by atoms with Crippen LogP contribution in [0.3, 0.4) is 0 Å². The molecule has 1 rings (SSSR count). The Morgan fingerprint density at radius 2 is 1.17 bits per heavy atom. The molecule has 0 aromatic heterocycles. The standard InChI is InChI=1S/C10H14.H3N.H2O/c1-7-5-8(2)10(4)9(3)6-7;;/h5-6H,1-4H3;1H3;1H2. The van der Waals surface area contributed by atoms with Gasteiger partial charge in [-0.25, -0.2) is 0 Å². The van der Waals surface area contributed by atoms with Gasteiger partial charge in [0.25, 0.3) is 0 Å². The Morgan fingerprint density at radius 3 is 1.50 bits per heavy atom. The fourth-order valence-corrected chi connectivity index (χ4v) is 1.25. The average Bonchev–Trinajstić information content (AvgIpc) is 1.82. The fourth-order valence-electron chi connectivity index (χ4n) is 1.25. The van der Waals surface area contributed by atoms with Gasteiger partial charge in [-0.3, -0.25) is 0 Å². The van der Waals surface area contributed by atoms with E-state index >= 15 is 0 Å². The van der Waals surface area contributed by atoms with Crippen LogP contribution in [0.15, 0.2) is 12.1 Å². The second kappa shape index (κ2) is 4.91. The van der Waals surface area contributed by atoms with Gasteiger partial charge in [-0.15, -0.1) is 0 Å². The van der Waals surface area contributed by atoms with Crippen molar-refractivity contribution >= 4 is 0 Å². The average molecular weight is 169 g/mol. The first kappa shape index (κ1) is 13.7. The molecule has 2 nitrogen and oxygen atoms in total. The first-order valence-electron chi connectivity index (χ1n) is 3.65. The molecule has 1 aromatic carbocycles. The van der Waals surface area contributed by atoms with Crippen LogP contribution in [0.2, 0.25) is 0 Å². The number of hydrogen-bond acceptors (Lipinski definition) is 1. The lowest BCUT2D eigenvalue weighted by atomic mass is 10.0. The molecule has 0 fully saturated rings. The van der Waals surface area contributed by atoms with E-state index in [9.17, 15) is 0 Å². The van der Waals surface area contributed by atoms with E-state index in [1.54, 1.807) is 0 Å². The third kappa shape index (κ3) is 2.64. The van der Waals surface area contributed by atoms with E-state index in [2.05, 4.69) is 39.8 Å². The van der Waals surface area contributed by atoms with Crippen molar-refractivity contribution < 1.29 is 5.48 Å². The lowest BCUT2D eigenvalue weighted by Crippen LogP contribution is -1.86. The van der Waals surface area contributed by atoms with Gasteiger partial charge < -0.3 is 11.6 Å². The summed E-state index contributed by atoms with van der Waals surface area (Å²) >= 11 is 0. The van der Waals surface area contributed by atoms with E-state index in [-0.39, 0.29) is 11.6 Å². The predicted octanol–water partition coefficient (Wildman–Crippen LogP) is 2.26. The molecule has 1 aromatic rings. The largest absolute Gasteiger partial charge is 0.412 e. The molecular formula is C10H19NO. The van der Waals surface area contributed by atoms with Gasteiger partial charge in [-0.05, 0) is 44.4 Å². The summed E-state index contributed by atoms with van der Waals surface area (Å²) in [4.78, 5) is 0. The minimum atomic E-state index is 0. The van der Waals surface area contributed by atoms with Gasteiger partial charge in [0.05, 0.1) is 0 Å². The van der Waals surface area contributed by atoms with Gasteiger partial charge in [0.2, 0.25) is 0 Å². The molecule has 0 aliphatic heterocycles. The molecule has 5 N–H and O–H groups in total. The van der Waals surface area contributed by atoms with E-state index in [0.29, 0.717) is 0 Å². The molecule has 0 bridgehead atoms. The third-order valence-corrected chi connectivity index (χ3v) is 2.07. The van der Waals surface area contributed by atoms with Crippen molar-refractivity contribution in [3.05, 3.63) is 34.4 Å². The van der Waals surface area contributed by atoms with E-state index in [4.69, 9.17) is 0 Å². The van der Waals surface area contributed by atoms with Crippen molar-refractivity contribution in [2.45, 2.75) is 27.7 Å². The highest BCUT2D eigenvalue weighted by Gasteiger charge is 1.95. The highest BCUT2D eigenvalue weighted by molar-refractivity contribution is 5.35. The van der Waals surface area contributed by atoms with E-state index in [0.717, 1.165) is 0 Å². The molecule has 0 spiro atoms. The van der Waals surface area contributed by atoms with Crippen LogP contribution in [-0.2, 0) is 0 Å². The SMILES string of the molecule is Cc1cc(C)c(C)c(C)c1.N.O. The number of hydrogen-bond donors (Lipinski definition) is 1. The first-order chi connectivity index (χ1) is 4.61. The summed E-state index contributed by atoms with van der Waals surface area (Å²) in [5.74, 6) is 0. The van der Waals surface area contributed by atoms with Gasteiger partial charge in [-0.2, -0.15) is 0 Å². The lowest BCUT2D eigenvalue weighted by Gasteiger charge is -2.04. The topological polar surface area (TPSA) is 66.5 Å². The monoisotopic (exact) mass is 169 g/mol. The maximum absolute atomic E-state index is 2.22. The van der Waals surface area contributed by atoms with Gasteiger partial charge in [-0.1, -0.05) is 17.7 Å². The normalized spacial score (nSPS) is 8.33. The van der Waals surface area contributed by atoms with Gasteiger partial charge in [0.15, 0.2) is 0 Å². The third-order valence-electron chi connectivity index (χ3n) is 2.07. The summed E-state index contributed by atoms with van der Waals surface area (Å²) in [6.45, 7) is 8.63. The maximum Gasteiger partial charge on any atom is -0.0392 e. The van der Waals surface area contributed by atoms with Crippen LogP contribution in [0.1, 0.15) is 22.3 Å². The Hall–Kier alpha value is -0.860. The Kier molecular flexibility index (Phi) is 5.61. The van der Waals surface area contributed by atoms with Crippen molar-refractivity contribution in [3.63, 3.8) is 0 Å². The Balaban J connectivity index is 0.